The molecule has 3 atom stereocenters. The van der Waals surface area contributed by atoms with E-state index in [-0.39, 0.29) is 24.8 Å². The zero-order valence-electron chi connectivity index (χ0n) is 13.4. The molecule has 7 nitrogen and oxygen atoms in total. The summed E-state index contributed by atoms with van der Waals surface area (Å²) in [6, 6.07) is 6.57. The van der Waals surface area contributed by atoms with Crippen LogP contribution in [0.3, 0.4) is 0 Å². The number of nitrogens with two attached hydrogens (primary N) is 1. The average molecular weight is 353 g/mol. The highest BCUT2D eigenvalue weighted by atomic mass is 35.5. The third kappa shape index (κ3) is 5.02. The predicted octanol–water partition coefficient (Wildman–Crippen LogP) is 0.778. The van der Waals surface area contributed by atoms with Gasteiger partial charge < -0.3 is 15.8 Å². The molecule has 0 spiro atoms. The van der Waals surface area contributed by atoms with Gasteiger partial charge in [-0.05, 0) is 24.6 Å². The number of halogens is 1. The first-order valence-corrected chi connectivity index (χ1v) is 8.11. The van der Waals surface area contributed by atoms with Gasteiger partial charge in [0.15, 0.2) is 0 Å². The van der Waals surface area contributed by atoms with Crippen LogP contribution in [0.2, 0.25) is 5.02 Å². The number of benzene rings is 1. The van der Waals surface area contributed by atoms with E-state index in [0.717, 1.165) is 5.56 Å². The molecule has 3 unspecified atom stereocenters. The van der Waals surface area contributed by atoms with Crippen LogP contribution in [0.1, 0.15) is 24.8 Å². The Hall–Kier alpha value is -1.96. The molecule has 1 heterocycles. The van der Waals surface area contributed by atoms with E-state index in [9.17, 15) is 9.59 Å². The lowest BCUT2D eigenvalue weighted by atomic mass is 9.92. The van der Waals surface area contributed by atoms with Crippen LogP contribution < -0.4 is 16.5 Å². The molecule has 0 aromatic heterocycles. The van der Waals surface area contributed by atoms with Crippen molar-refractivity contribution >= 4 is 29.6 Å². The summed E-state index contributed by atoms with van der Waals surface area (Å²) < 4.78 is 5.74. The van der Waals surface area contributed by atoms with Crippen molar-refractivity contribution in [2.75, 3.05) is 13.2 Å². The van der Waals surface area contributed by atoms with Crippen molar-refractivity contribution in [3.8, 4) is 0 Å². The largest absolute Gasteiger partial charge is 0.370 e. The van der Waals surface area contributed by atoms with E-state index in [1.807, 2.05) is 6.92 Å². The molecule has 1 aliphatic rings. The number of rotatable bonds is 7. The van der Waals surface area contributed by atoms with Crippen LogP contribution in [0.4, 0.5) is 0 Å². The molecule has 0 saturated heterocycles. The van der Waals surface area contributed by atoms with E-state index in [0.29, 0.717) is 11.6 Å². The second-order valence-electron chi connectivity index (χ2n) is 5.50. The Morgan fingerprint density at radius 1 is 1.54 bits per heavy atom. The van der Waals surface area contributed by atoms with E-state index in [2.05, 4.69) is 15.8 Å². The Morgan fingerprint density at radius 2 is 2.33 bits per heavy atom. The molecule has 2 rings (SSSR count). The summed E-state index contributed by atoms with van der Waals surface area (Å²) in [6.45, 7) is 2.53. The number of carbonyl (C=O) groups excluding carboxylic acids is 2. The molecule has 0 fully saturated rings. The van der Waals surface area contributed by atoms with Crippen LogP contribution in [0.5, 0.6) is 0 Å². The Kier molecular flexibility index (Phi) is 6.72. The second-order valence-corrected chi connectivity index (χ2v) is 5.94. The molecule has 2 amide bonds. The molecule has 0 radical (unpaired) electrons. The fourth-order valence-electron chi connectivity index (χ4n) is 2.46. The number of carbonyl (C=O) groups is 2. The standard InChI is InChI=1S/C16H21ClN4O3/c1-2-19-14(22)7-12(18)9-24-13-8-20-21-16(23)15(13)10-4-3-5-11(17)6-10/h3-6,8,12-13,15H,2,7,9,18H2,1H3,(H,19,22)(H,21,23). The fourth-order valence-corrected chi connectivity index (χ4v) is 2.66. The van der Waals surface area contributed by atoms with Gasteiger partial charge in [0.1, 0.15) is 6.10 Å². The van der Waals surface area contributed by atoms with Gasteiger partial charge in [-0.2, -0.15) is 5.10 Å². The highest BCUT2D eigenvalue weighted by molar-refractivity contribution is 6.30. The summed E-state index contributed by atoms with van der Waals surface area (Å²) in [5.74, 6) is -0.977. The molecule has 24 heavy (non-hydrogen) atoms. The first-order valence-electron chi connectivity index (χ1n) is 7.73. The summed E-state index contributed by atoms with van der Waals surface area (Å²) in [6.07, 6.45) is 1.11. The van der Waals surface area contributed by atoms with Crippen molar-refractivity contribution in [2.45, 2.75) is 31.4 Å². The van der Waals surface area contributed by atoms with Gasteiger partial charge in [0.2, 0.25) is 5.91 Å². The fraction of sp³-hybridized carbons (Fsp3) is 0.438. The minimum atomic E-state index is -0.572. The van der Waals surface area contributed by atoms with Gasteiger partial charge in [0, 0.05) is 24.0 Å². The average Bonchev–Trinajstić information content (AvgIpc) is 2.53. The normalized spacial score (nSPS) is 21.2. The Balaban J connectivity index is 2.01. The van der Waals surface area contributed by atoms with E-state index >= 15 is 0 Å². The minimum Gasteiger partial charge on any atom is -0.370 e. The Labute approximate surface area is 145 Å². The van der Waals surface area contributed by atoms with E-state index in [1.54, 1.807) is 24.3 Å². The number of ether oxygens (including phenoxy) is 1. The summed E-state index contributed by atoms with van der Waals surface area (Å²) in [4.78, 5) is 23.7. The van der Waals surface area contributed by atoms with Crippen molar-refractivity contribution in [3.63, 3.8) is 0 Å². The molecular formula is C16H21ClN4O3. The first kappa shape index (κ1) is 18.4. The molecule has 0 saturated carbocycles. The number of hydrogen-bond donors (Lipinski definition) is 3. The molecular weight excluding hydrogens is 332 g/mol. The van der Waals surface area contributed by atoms with Gasteiger partial charge in [-0.25, -0.2) is 5.43 Å². The van der Waals surface area contributed by atoms with Crippen molar-refractivity contribution in [2.24, 2.45) is 10.8 Å². The van der Waals surface area contributed by atoms with E-state index in [1.165, 1.54) is 6.21 Å². The smallest absolute Gasteiger partial charge is 0.250 e. The highest BCUT2D eigenvalue weighted by Crippen LogP contribution is 2.26. The van der Waals surface area contributed by atoms with Crippen LogP contribution in [0, 0.1) is 0 Å². The highest BCUT2D eigenvalue weighted by Gasteiger charge is 2.33. The zero-order valence-corrected chi connectivity index (χ0v) is 14.1. The van der Waals surface area contributed by atoms with Gasteiger partial charge in [-0.15, -0.1) is 0 Å². The SMILES string of the molecule is CCNC(=O)CC(N)COC1C=NNC(=O)C1c1cccc(Cl)c1. The molecule has 0 bridgehead atoms. The summed E-state index contributed by atoms with van der Waals surface area (Å²) in [7, 11) is 0. The van der Waals surface area contributed by atoms with Gasteiger partial charge in [0.25, 0.3) is 5.91 Å². The molecule has 130 valence electrons. The van der Waals surface area contributed by atoms with Gasteiger partial charge in [-0.3, -0.25) is 9.59 Å². The Bertz CT molecular complexity index is 623. The maximum atomic E-state index is 12.2. The van der Waals surface area contributed by atoms with Crippen LogP contribution in [0.25, 0.3) is 0 Å². The van der Waals surface area contributed by atoms with E-state index < -0.39 is 18.1 Å². The van der Waals surface area contributed by atoms with Gasteiger partial charge in [-0.1, -0.05) is 23.7 Å². The van der Waals surface area contributed by atoms with Crippen molar-refractivity contribution in [1.29, 1.82) is 0 Å². The monoisotopic (exact) mass is 352 g/mol. The summed E-state index contributed by atoms with van der Waals surface area (Å²) >= 11 is 6.00. The number of amides is 2. The summed E-state index contributed by atoms with van der Waals surface area (Å²) in [5.41, 5.74) is 9.07. The maximum Gasteiger partial charge on any atom is 0.250 e. The third-order valence-corrected chi connectivity index (χ3v) is 3.77. The molecule has 1 aliphatic heterocycles. The number of nitrogens with one attached hydrogen (secondary N) is 2. The zero-order chi connectivity index (χ0) is 17.5. The topological polar surface area (TPSA) is 106 Å². The minimum absolute atomic E-state index is 0.130. The number of hydrogen-bond acceptors (Lipinski definition) is 5. The lowest BCUT2D eigenvalue weighted by Crippen LogP contribution is -2.43. The van der Waals surface area contributed by atoms with E-state index in [4.69, 9.17) is 22.1 Å². The number of hydrazone groups is 1. The van der Waals surface area contributed by atoms with Crippen molar-refractivity contribution in [3.05, 3.63) is 34.9 Å². The third-order valence-electron chi connectivity index (χ3n) is 3.54. The lowest BCUT2D eigenvalue weighted by molar-refractivity contribution is -0.126. The van der Waals surface area contributed by atoms with Crippen LogP contribution in [-0.2, 0) is 14.3 Å². The van der Waals surface area contributed by atoms with Crippen LogP contribution >= 0.6 is 11.6 Å². The molecule has 0 aliphatic carbocycles. The molecule has 1 aromatic rings. The van der Waals surface area contributed by atoms with Gasteiger partial charge >= 0.3 is 0 Å². The quantitative estimate of drug-likeness (QED) is 0.674. The number of nitrogens with zero attached hydrogens (tertiary/aromatic N) is 1. The Morgan fingerprint density at radius 3 is 3.04 bits per heavy atom. The van der Waals surface area contributed by atoms with Crippen molar-refractivity contribution in [1.82, 2.24) is 10.7 Å². The molecule has 1 aromatic carbocycles. The molecule has 4 N–H and O–H groups in total. The molecule has 8 heteroatoms. The van der Waals surface area contributed by atoms with Crippen molar-refractivity contribution < 1.29 is 14.3 Å². The van der Waals surface area contributed by atoms with Crippen LogP contribution in [-0.4, -0.2) is 43.3 Å². The first-order chi connectivity index (χ1) is 11.5. The second kappa shape index (κ2) is 8.77. The summed E-state index contributed by atoms with van der Waals surface area (Å²) in [5, 5.41) is 7.02. The van der Waals surface area contributed by atoms with Gasteiger partial charge in [0.05, 0.1) is 18.7 Å². The lowest BCUT2D eigenvalue weighted by Gasteiger charge is -2.27. The predicted molar refractivity (Wildman–Crippen MR) is 91.8 cm³/mol. The van der Waals surface area contributed by atoms with Crippen LogP contribution in [0.15, 0.2) is 29.4 Å². The maximum absolute atomic E-state index is 12.2.